The Labute approximate surface area is 228 Å². The van der Waals surface area contributed by atoms with Gasteiger partial charge >= 0.3 is 6.03 Å². The van der Waals surface area contributed by atoms with Crippen LogP contribution in [0.15, 0.2) is 48.5 Å². The van der Waals surface area contributed by atoms with Gasteiger partial charge in [-0.3, -0.25) is 0 Å². The molecule has 1 heterocycles. The predicted molar refractivity (Wildman–Crippen MR) is 151 cm³/mol. The summed E-state index contributed by atoms with van der Waals surface area (Å²) >= 11 is 0. The first-order chi connectivity index (χ1) is 18.3. The van der Waals surface area contributed by atoms with Gasteiger partial charge < -0.3 is 25.4 Å². The smallest absolute Gasteiger partial charge is 0.317 e. The molecule has 3 atom stereocenters. The largest absolute Gasteiger partial charge is 0.385 e. The van der Waals surface area contributed by atoms with Crippen molar-refractivity contribution in [2.75, 3.05) is 40.4 Å². The second-order valence-electron chi connectivity index (χ2n) is 11.0. The Morgan fingerprint density at radius 3 is 2.71 bits per heavy atom. The van der Waals surface area contributed by atoms with Crippen LogP contribution >= 0.6 is 0 Å². The van der Waals surface area contributed by atoms with Crippen molar-refractivity contribution in [1.29, 1.82) is 0 Å². The maximum Gasteiger partial charge on any atom is 0.317 e. The minimum absolute atomic E-state index is 0.0505. The highest BCUT2D eigenvalue weighted by atomic mass is 19.1. The average molecular weight is 528 g/mol. The van der Waals surface area contributed by atoms with Gasteiger partial charge in [-0.2, -0.15) is 0 Å². The number of likely N-dealkylation sites (N-methyl/N-ethyl adjacent to an activating group) is 1. The molecule has 1 aliphatic rings. The molecule has 7 heteroatoms. The van der Waals surface area contributed by atoms with Gasteiger partial charge in [0.25, 0.3) is 0 Å². The van der Waals surface area contributed by atoms with Crippen molar-refractivity contribution >= 4 is 6.03 Å². The van der Waals surface area contributed by atoms with E-state index in [1.807, 2.05) is 42.3 Å². The van der Waals surface area contributed by atoms with Crippen molar-refractivity contribution in [3.8, 4) is 11.1 Å². The number of rotatable bonds is 13. The maximum absolute atomic E-state index is 14.2. The summed E-state index contributed by atoms with van der Waals surface area (Å²) in [5.74, 6) is 0.0188. The van der Waals surface area contributed by atoms with Crippen LogP contribution in [0, 0.1) is 17.7 Å². The highest BCUT2D eigenvalue weighted by molar-refractivity contribution is 5.75. The number of unbranched alkanes of at least 4 members (excludes halogenated alkanes) is 1. The molecular weight excluding hydrogens is 481 g/mol. The molecule has 1 fully saturated rings. The van der Waals surface area contributed by atoms with E-state index in [2.05, 4.69) is 24.5 Å². The Morgan fingerprint density at radius 1 is 1.21 bits per heavy atom. The number of piperidine rings is 1. The van der Waals surface area contributed by atoms with E-state index in [1.54, 1.807) is 13.2 Å². The Morgan fingerprint density at radius 2 is 2.00 bits per heavy atom. The lowest BCUT2D eigenvalue weighted by atomic mass is 9.72. The molecule has 0 radical (unpaired) electrons. The van der Waals surface area contributed by atoms with Crippen molar-refractivity contribution in [2.24, 2.45) is 11.8 Å². The number of nitrogens with zero attached hydrogens (tertiary/aromatic N) is 1. The van der Waals surface area contributed by atoms with Gasteiger partial charge in [-0.15, -0.1) is 0 Å². The summed E-state index contributed by atoms with van der Waals surface area (Å²) in [4.78, 5) is 15.2. The zero-order valence-corrected chi connectivity index (χ0v) is 23.5. The third-order valence-corrected chi connectivity index (χ3v) is 7.60. The topological polar surface area (TPSA) is 73.8 Å². The highest BCUT2D eigenvalue weighted by Crippen LogP contribution is 2.43. The van der Waals surface area contributed by atoms with Gasteiger partial charge in [-0.05, 0) is 80.3 Å². The fourth-order valence-corrected chi connectivity index (χ4v) is 5.79. The zero-order valence-electron chi connectivity index (χ0n) is 23.5. The molecule has 3 rings (SSSR count). The fraction of sp³-hybridized carbons (Fsp3) is 0.581. The molecule has 2 aromatic rings. The van der Waals surface area contributed by atoms with Crippen molar-refractivity contribution in [2.45, 2.75) is 64.0 Å². The number of nitrogens with one attached hydrogen (secondary N) is 2. The summed E-state index contributed by atoms with van der Waals surface area (Å²) in [6, 6.07) is 14.3. The molecule has 0 bridgehead atoms. The van der Waals surface area contributed by atoms with Crippen LogP contribution < -0.4 is 10.6 Å². The Hall–Kier alpha value is -2.48. The summed E-state index contributed by atoms with van der Waals surface area (Å²) in [5.41, 5.74) is 1.19. The monoisotopic (exact) mass is 527 g/mol. The van der Waals surface area contributed by atoms with Gasteiger partial charge in [0.05, 0.1) is 5.60 Å². The van der Waals surface area contributed by atoms with Gasteiger partial charge in [0.1, 0.15) is 5.82 Å². The SMILES string of the molecule is CNCC(CC(C)C)NC(=O)N1CCC[C@@H]([C@@](O)(CCCCOC)c2ccccc2-c2cccc(F)c2)C1. The number of benzene rings is 2. The second kappa shape index (κ2) is 14.6. The molecule has 3 N–H and O–H groups in total. The molecule has 210 valence electrons. The normalized spacial score (nSPS) is 18.3. The number of hydrogen-bond donors (Lipinski definition) is 3. The first-order valence-corrected chi connectivity index (χ1v) is 14.0. The number of likely N-dealkylation sites (tertiary alicyclic amines) is 1. The summed E-state index contributed by atoms with van der Waals surface area (Å²) in [7, 11) is 3.58. The van der Waals surface area contributed by atoms with Crippen molar-refractivity contribution < 1.29 is 19.0 Å². The summed E-state index contributed by atoms with van der Waals surface area (Å²) in [5, 5.41) is 18.9. The molecule has 1 aliphatic heterocycles. The minimum Gasteiger partial charge on any atom is -0.385 e. The first kappa shape index (κ1) is 30.1. The third-order valence-electron chi connectivity index (χ3n) is 7.60. The molecule has 2 amide bonds. The number of aliphatic hydroxyl groups is 1. The number of urea groups is 1. The fourth-order valence-electron chi connectivity index (χ4n) is 5.79. The predicted octanol–water partition coefficient (Wildman–Crippen LogP) is 5.55. The summed E-state index contributed by atoms with van der Waals surface area (Å²) in [6.07, 6.45) is 4.68. The third kappa shape index (κ3) is 8.01. The average Bonchev–Trinajstić information content (AvgIpc) is 2.91. The molecule has 1 saturated heterocycles. The summed E-state index contributed by atoms with van der Waals surface area (Å²) < 4.78 is 19.4. The molecule has 0 aliphatic carbocycles. The summed E-state index contributed by atoms with van der Waals surface area (Å²) in [6.45, 7) is 6.80. The standard InChI is InChI=1S/C31H46FN3O3/c1-23(2)19-27(21-33-3)34-30(36)35-17-10-12-25(22-35)31(37,16-7-8-18-38-4)29-15-6-5-14-28(29)24-11-9-13-26(32)20-24/h5-6,9,11,13-15,20,23,25,27,33,37H,7-8,10,12,16-19,21-22H2,1-4H3,(H,34,36)/t25-,27?,31+/m1/s1. The Bertz CT molecular complexity index is 1020. The van der Waals surface area contributed by atoms with Crippen LogP contribution in [0.5, 0.6) is 0 Å². The van der Waals surface area contributed by atoms with E-state index in [9.17, 15) is 14.3 Å². The van der Waals surface area contributed by atoms with Crippen LogP contribution in [0.2, 0.25) is 0 Å². The quantitative estimate of drug-likeness (QED) is 0.299. The lowest BCUT2D eigenvalue weighted by Crippen LogP contribution is -2.54. The van der Waals surface area contributed by atoms with Crippen LogP contribution in [0.1, 0.15) is 57.9 Å². The van der Waals surface area contributed by atoms with Crippen molar-refractivity contribution in [1.82, 2.24) is 15.5 Å². The molecule has 6 nitrogen and oxygen atoms in total. The lowest BCUT2D eigenvalue weighted by Gasteiger charge is -2.44. The van der Waals surface area contributed by atoms with E-state index in [4.69, 9.17) is 4.74 Å². The van der Waals surface area contributed by atoms with Crippen molar-refractivity contribution in [3.63, 3.8) is 0 Å². The van der Waals surface area contributed by atoms with Crippen LogP contribution in [-0.2, 0) is 10.3 Å². The minimum atomic E-state index is -1.17. The molecule has 1 unspecified atom stereocenters. The number of carbonyl (C=O) groups is 1. The zero-order chi connectivity index (χ0) is 27.5. The first-order valence-electron chi connectivity index (χ1n) is 14.0. The van der Waals surface area contributed by atoms with Gasteiger partial charge in [-0.1, -0.05) is 50.2 Å². The molecular formula is C31H46FN3O3. The van der Waals surface area contributed by atoms with Gasteiger partial charge in [-0.25, -0.2) is 9.18 Å². The molecule has 2 aromatic carbocycles. The maximum atomic E-state index is 14.2. The number of halogens is 1. The van der Waals surface area contributed by atoms with E-state index >= 15 is 0 Å². The van der Waals surface area contributed by atoms with E-state index < -0.39 is 5.60 Å². The lowest BCUT2D eigenvalue weighted by molar-refractivity contribution is -0.0559. The van der Waals surface area contributed by atoms with Crippen LogP contribution in [0.3, 0.4) is 0 Å². The van der Waals surface area contributed by atoms with Gasteiger partial charge in [0, 0.05) is 45.3 Å². The highest BCUT2D eigenvalue weighted by Gasteiger charge is 2.42. The Balaban J connectivity index is 1.90. The van der Waals surface area contributed by atoms with E-state index in [1.165, 1.54) is 12.1 Å². The van der Waals surface area contributed by atoms with Crippen LogP contribution in [0.25, 0.3) is 11.1 Å². The second-order valence-corrected chi connectivity index (χ2v) is 11.0. The van der Waals surface area contributed by atoms with Crippen molar-refractivity contribution in [3.05, 3.63) is 59.9 Å². The van der Waals surface area contributed by atoms with Gasteiger partial charge in [0.2, 0.25) is 0 Å². The van der Waals surface area contributed by atoms with Crippen LogP contribution in [0.4, 0.5) is 9.18 Å². The molecule has 0 saturated carbocycles. The number of ether oxygens (including phenoxy) is 1. The number of amides is 2. The molecule has 38 heavy (non-hydrogen) atoms. The van der Waals surface area contributed by atoms with E-state index in [0.717, 1.165) is 48.8 Å². The number of hydrogen-bond acceptors (Lipinski definition) is 4. The number of methoxy groups -OCH3 is 1. The van der Waals surface area contributed by atoms with Crippen LogP contribution in [-0.4, -0.2) is 62.5 Å². The Kier molecular flexibility index (Phi) is 11.6. The van der Waals surface area contributed by atoms with E-state index in [-0.39, 0.29) is 23.8 Å². The van der Waals surface area contributed by atoms with Gasteiger partial charge in [0.15, 0.2) is 0 Å². The van der Waals surface area contributed by atoms with E-state index in [0.29, 0.717) is 38.6 Å². The molecule has 0 aromatic heterocycles. The molecule has 0 spiro atoms. The number of carbonyl (C=O) groups excluding carboxylic acids is 1.